The Kier molecular flexibility index (Phi) is 3.08. The molecule has 0 spiro atoms. The smallest absolute Gasteiger partial charge is 0.276 e. The maximum Gasteiger partial charge on any atom is 0.276 e. The lowest BCUT2D eigenvalue weighted by molar-refractivity contribution is 0.102. The van der Waals surface area contributed by atoms with Crippen molar-refractivity contribution in [1.82, 2.24) is 9.78 Å². The SMILES string of the molecule is Cn1nc(C(=O)Nc2ccccc2)c2c1-c1ccsc1CC2. The molecular weight excluding hydrogens is 294 g/mol. The van der Waals surface area contributed by atoms with Gasteiger partial charge in [-0.15, -0.1) is 11.3 Å². The second-order valence-electron chi connectivity index (χ2n) is 5.38. The van der Waals surface area contributed by atoms with Crippen molar-refractivity contribution in [3.05, 3.63) is 57.9 Å². The first kappa shape index (κ1) is 13.3. The molecule has 2 heterocycles. The molecule has 0 fully saturated rings. The predicted molar refractivity (Wildman–Crippen MR) is 88.3 cm³/mol. The summed E-state index contributed by atoms with van der Waals surface area (Å²) in [6.07, 6.45) is 1.85. The predicted octanol–water partition coefficient (Wildman–Crippen LogP) is 3.50. The van der Waals surface area contributed by atoms with Crippen LogP contribution in [0.25, 0.3) is 11.3 Å². The van der Waals surface area contributed by atoms with Crippen LogP contribution in [0.4, 0.5) is 5.69 Å². The molecule has 0 saturated heterocycles. The molecular formula is C17H15N3OS. The summed E-state index contributed by atoms with van der Waals surface area (Å²) < 4.78 is 1.83. The third-order valence-corrected chi connectivity index (χ3v) is 4.98. The van der Waals surface area contributed by atoms with Crippen molar-refractivity contribution < 1.29 is 4.79 Å². The fourth-order valence-corrected chi connectivity index (χ4v) is 3.90. The second kappa shape index (κ2) is 5.10. The van der Waals surface area contributed by atoms with Gasteiger partial charge in [-0.05, 0) is 36.4 Å². The van der Waals surface area contributed by atoms with E-state index in [1.807, 2.05) is 42.1 Å². The Morgan fingerprint density at radius 2 is 2.05 bits per heavy atom. The molecule has 22 heavy (non-hydrogen) atoms. The Balaban J connectivity index is 1.73. The first-order chi connectivity index (χ1) is 10.7. The van der Waals surface area contributed by atoms with Gasteiger partial charge in [-0.2, -0.15) is 5.10 Å². The van der Waals surface area contributed by atoms with Gasteiger partial charge >= 0.3 is 0 Å². The molecule has 0 saturated carbocycles. The van der Waals surface area contributed by atoms with Gasteiger partial charge in [0.2, 0.25) is 0 Å². The summed E-state index contributed by atoms with van der Waals surface area (Å²) in [5.41, 5.74) is 4.69. The molecule has 0 atom stereocenters. The van der Waals surface area contributed by atoms with Gasteiger partial charge in [0.1, 0.15) is 0 Å². The Morgan fingerprint density at radius 3 is 2.86 bits per heavy atom. The minimum absolute atomic E-state index is 0.137. The van der Waals surface area contributed by atoms with E-state index in [1.165, 1.54) is 10.4 Å². The minimum Gasteiger partial charge on any atom is -0.321 e. The number of amides is 1. The van der Waals surface area contributed by atoms with Gasteiger partial charge in [0.15, 0.2) is 5.69 Å². The first-order valence-corrected chi connectivity index (χ1v) is 8.11. The van der Waals surface area contributed by atoms with Crippen LogP contribution >= 0.6 is 11.3 Å². The Hall–Kier alpha value is -2.40. The highest BCUT2D eigenvalue weighted by Gasteiger charge is 2.27. The summed E-state index contributed by atoms with van der Waals surface area (Å²) in [6, 6.07) is 11.6. The average molecular weight is 309 g/mol. The molecule has 4 rings (SSSR count). The molecule has 1 aliphatic carbocycles. The number of carbonyl (C=O) groups is 1. The lowest BCUT2D eigenvalue weighted by Gasteiger charge is -2.13. The molecule has 5 heteroatoms. The standard InChI is InChI=1S/C17H15N3OS/c1-20-16-12-9-10-22-14(12)8-7-13(16)15(19-20)17(21)18-11-5-3-2-4-6-11/h2-6,9-10H,7-8H2,1H3,(H,18,21). The molecule has 0 unspecified atom stereocenters. The van der Waals surface area contributed by atoms with Gasteiger partial charge in [-0.3, -0.25) is 9.48 Å². The molecule has 0 bridgehead atoms. The molecule has 1 N–H and O–H groups in total. The number of aryl methyl sites for hydroxylation is 2. The van der Waals surface area contributed by atoms with Crippen LogP contribution in [0, 0.1) is 0 Å². The van der Waals surface area contributed by atoms with Gasteiger partial charge in [-0.1, -0.05) is 18.2 Å². The van der Waals surface area contributed by atoms with Crippen LogP contribution in [0.1, 0.15) is 20.9 Å². The van der Waals surface area contributed by atoms with E-state index in [1.54, 1.807) is 11.3 Å². The molecule has 2 aromatic heterocycles. The third kappa shape index (κ3) is 2.05. The van der Waals surface area contributed by atoms with Crippen LogP contribution in [0.3, 0.4) is 0 Å². The number of hydrogen-bond acceptors (Lipinski definition) is 3. The van der Waals surface area contributed by atoms with E-state index in [4.69, 9.17) is 0 Å². The maximum absolute atomic E-state index is 12.6. The van der Waals surface area contributed by atoms with E-state index < -0.39 is 0 Å². The van der Waals surface area contributed by atoms with Crippen LogP contribution in [0.5, 0.6) is 0 Å². The Bertz CT molecular complexity index is 848. The van der Waals surface area contributed by atoms with Crippen molar-refractivity contribution in [2.45, 2.75) is 12.8 Å². The normalized spacial score (nSPS) is 12.6. The molecule has 3 aromatic rings. The summed E-state index contributed by atoms with van der Waals surface area (Å²) in [7, 11) is 1.91. The highest BCUT2D eigenvalue weighted by molar-refractivity contribution is 7.10. The summed E-state index contributed by atoms with van der Waals surface area (Å²) >= 11 is 1.78. The number of para-hydroxylation sites is 1. The second-order valence-corrected chi connectivity index (χ2v) is 6.38. The van der Waals surface area contributed by atoms with Crippen molar-refractivity contribution in [3.8, 4) is 11.3 Å². The number of nitrogens with zero attached hydrogens (tertiary/aromatic N) is 2. The van der Waals surface area contributed by atoms with Crippen molar-refractivity contribution >= 4 is 22.9 Å². The highest BCUT2D eigenvalue weighted by atomic mass is 32.1. The topological polar surface area (TPSA) is 46.9 Å². The van der Waals surface area contributed by atoms with E-state index in [2.05, 4.69) is 21.9 Å². The van der Waals surface area contributed by atoms with Crippen LogP contribution in [-0.4, -0.2) is 15.7 Å². The van der Waals surface area contributed by atoms with E-state index in [0.29, 0.717) is 5.69 Å². The van der Waals surface area contributed by atoms with E-state index in [-0.39, 0.29) is 5.91 Å². The zero-order chi connectivity index (χ0) is 15.1. The maximum atomic E-state index is 12.6. The summed E-state index contributed by atoms with van der Waals surface area (Å²) in [5, 5.41) is 9.51. The number of anilines is 1. The lowest BCUT2D eigenvalue weighted by Crippen LogP contribution is -2.15. The van der Waals surface area contributed by atoms with Gasteiger partial charge in [-0.25, -0.2) is 0 Å². The summed E-state index contributed by atoms with van der Waals surface area (Å²) in [4.78, 5) is 13.9. The largest absolute Gasteiger partial charge is 0.321 e. The van der Waals surface area contributed by atoms with Gasteiger partial charge < -0.3 is 5.32 Å². The van der Waals surface area contributed by atoms with Crippen molar-refractivity contribution in [3.63, 3.8) is 0 Å². The Morgan fingerprint density at radius 1 is 1.23 bits per heavy atom. The number of aromatic nitrogens is 2. The number of thiophene rings is 1. The number of rotatable bonds is 2. The molecule has 4 nitrogen and oxygen atoms in total. The van der Waals surface area contributed by atoms with Gasteiger partial charge in [0.05, 0.1) is 5.69 Å². The fourth-order valence-electron chi connectivity index (χ4n) is 3.02. The zero-order valence-electron chi connectivity index (χ0n) is 12.2. The van der Waals surface area contributed by atoms with E-state index in [0.717, 1.165) is 29.8 Å². The lowest BCUT2D eigenvalue weighted by atomic mass is 9.94. The van der Waals surface area contributed by atoms with Crippen LogP contribution in [-0.2, 0) is 19.9 Å². The quantitative estimate of drug-likeness (QED) is 0.787. The van der Waals surface area contributed by atoms with Crippen LogP contribution in [0.15, 0.2) is 41.8 Å². The average Bonchev–Trinajstić information content (AvgIpc) is 3.12. The molecule has 1 aromatic carbocycles. The third-order valence-electron chi connectivity index (χ3n) is 3.99. The highest BCUT2D eigenvalue weighted by Crippen LogP contribution is 2.37. The number of nitrogens with one attached hydrogen (secondary N) is 1. The summed E-state index contributed by atoms with van der Waals surface area (Å²) in [5.74, 6) is -0.137. The molecule has 0 radical (unpaired) electrons. The van der Waals surface area contributed by atoms with Gasteiger partial charge in [0.25, 0.3) is 5.91 Å². The van der Waals surface area contributed by atoms with E-state index in [9.17, 15) is 4.79 Å². The van der Waals surface area contributed by atoms with Crippen molar-refractivity contribution in [1.29, 1.82) is 0 Å². The molecule has 1 aliphatic rings. The van der Waals surface area contributed by atoms with E-state index >= 15 is 0 Å². The molecule has 110 valence electrons. The van der Waals surface area contributed by atoms with Crippen molar-refractivity contribution in [2.75, 3.05) is 5.32 Å². The number of carbonyl (C=O) groups excluding carboxylic acids is 1. The van der Waals surface area contributed by atoms with Crippen LogP contribution in [0.2, 0.25) is 0 Å². The molecule has 1 amide bonds. The number of fused-ring (bicyclic) bond motifs is 3. The fraction of sp³-hybridized carbons (Fsp3) is 0.176. The van der Waals surface area contributed by atoms with Crippen LogP contribution < -0.4 is 5.32 Å². The Labute approximate surface area is 132 Å². The zero-order valence-corrected chi connectivity index (χ0v) is 13.0. The van der Waals surface area contributed by atoms with Gasteiger partial charge in [0, 0.05) is 28.7 Å². The monoisotopic (exact) mass is 309 g/mol. The van der Waals surface area contributed by atoms with Crippen molar-refractivity contribution in [2.24, 2.45) is 7.05 Å². The number of hydrogen-bond donors (Lipinski definition) is 1. The molecule has 0 aliphatic heterocycles. The number of benzene rings is 1. The summed E-state index contributed by atoms with van der Waals surface area (Å²) in [6.45, 7) is 0. The minimum atomic E-state index is -0.137. The first-order valence-electron chi connectivity index (χ1n) is 7.23.